The van der Waals surface area contributed by atoms with E-state index in [9.17, 15) is 9.18 Å². The lowest BCUT2D eigenvalue weighted by atomic mass is 10.1. The molecule has 1 amide bonds. The molecule has 1 rings (SSSR count). The zero-order valence-corrected chi connectivity index (χ0v) is 8.88. The van der Waals surface area contributed by atoms with Gasteiger partial charge in [-0.1, -0.05) is 6.07 Å². The molecular formula is C11H15FN2O. The van der Waals surface area contributed by atoms with Crippen LogP contribution in [-0.4, -0.2) is 18.5 Å². The minimum absolute atomic E-state index is 0.111. The van der Waals surface area contributed by atoms with Crippen LogP contribution in [0, 0.1) is 12.7 Å². The maximum Gasteiger partial charge on any atom is 0.251 e. The summed E-state index contributed by atoms with van der Waals surface area (Å²) in [4.78, 5) is 11.7. The number of rotatable bonds is 3. The van der Waals surface area contributed by atoms with Crippen LogP contribution in [0.1, 0.15) is 22.8 Å². The van der Waals surface area contributed by atoms with Crippen LogP contribution in [-0.2, 0) is 0 Å². The number of aryl methyl sites for hydroxylation is 1. The predicted molar refractivity (Wildman–Crippen MR) is 57.1 cm³/mol. The summed E-state index contributed by atoms with van der Waals surface area (Å²) < 4.78 is 12.9. The number of nitrogens with two attached hydrogens (primary N) is 1. The van der Waals surface area contributed by atoms with E-state index < -0.39 is 5.82 Å². The Labute approximate surface area is 88.5 Å². The molecule has 0 fully saturated rings. The average Bonchev–Trinajstić information content (AvgIpc) is 2.21. The van der Waals surface area contributed by atoms with Crippen molar-refractivity contribution in [3.05, 3.63) is 35.1 Å². The van der Waals surface area contributed by atoms with Gasteiger partial charge in [0, 0.05) is 18.2 Å². The third-order valence-electron chi connectivity index (χ3n) is 2.18. The Balaban J connectivity index is 2.86. The van der Waals surface area contributed by atoms with Crippen LogP contribution in [0.3, 0.4) is 0 Å². The molecule has 82 valence electrons. The minimum atomic E-state index is -0.411. The predicted octanol–water partition coefficient (Wildman–Crippen LogP) is 1.21. The number of carbonyl (C=O) groups is 1. The van der Waals surface area contributed by atoms with Gasteiger partial charge in [-0.3, -0.25) is 4.79 Å². The van der Waals surface area contributed by atoms with Crippen LogP contribution < -0.4 is 11.1 Å². The van der Waals surface area contributed by atoms with Crippen LogP contribution >= 0.6 is 0 Å². The quantitative estimate of drug-likeness (QED) is 0.788. The second-order valence-electron chi connectivity index (χ2n) is 3.57. The van der Waals surface area contributed by atoms with Gasteiger partial charge in [-0.25, -0.2) is 4.39 Å². The Morgan fingerprint density at radius 2 is 2.27 bits per heavy atom. The van der Waals surface area contributed by atoms with Crippen molar-refractivity contribution in [2.75, 3.05) is 6.54 Å². The maximum atomic E-state index is 12.9. The van der Waals surface area contributed by atoms with E-state index in [0.717, 1.165) is 5.56 Å². The van der Waals surface area contributed by atoms with Gasteiger partial charge in [0.25, 0.3) is 5.91 Å². The first-order chi connectivity index (χ1) is 7.04. The summed E-state index contributed by atoms with van der Waals surface area (Å²) in [5.41, 5.74) is 6.48. The Hall–Kier alpha value is -1.42. The molecule has 0 bridgehead atoms. The van der Waals surface area contributed by atoms with Gasteiger partial charge < -0.3 is 11.1 Å². The molecule has 1 aromatic carbocycles. The molecule has 0 spiro atoms. The van der Waals surface area contributed by atoms with Crippen LogP contribution in [0.15, 0.2) is 18.2 Å². The Kier molecular flexibility index (Phi) is 3.80. The van der Waals surface area contributed by atoms with Crippen molar-refractivity contribution >= 4 is 5.91 Å². The molecular weight excluding hydrogens is 195 g/mol. The van der Waals surface area contributed by atoms with Crippen LogP contribution in [0.25, 0.3) is 0 Å². The van der Waals surface area contributed by atoms with Gasteiger partial charge >= 0.3 is 0 Å². The van der Waals surface area contributed by atoms with Gasteiger partial charge in [0.05, 0.1) is 0 Å². The average molecular weight is 210 g/mol. The first-order valence-corrected chi connectivity index (χ1v) is 4.81. The van der Waals surface area contributed by atoms with Gasteiger partial charge in [0.2, 0.25) is 0 Å². The highest BCUT2D eigenvalue weighted by molar-refractivity contribution is 5.95. The summed E-state index contributed by atoms with van der Waals surface area (Å²) in [5.74, 6) is -0.698. The fraction of sp³-hybridized carbons (Fsp3) is 0.364. The Morgan fingerprint density at radius 3 is 2.87 bits per heavy atom. The summed E-state index contributed by atoms with van der Waals surface area (Å²) >= 11 is 0. The molecule has 3 nitrogen and oxygen atoms in total. The number of hydrogen-bond acceptors (Lipinski definition) is 2. The normalized spacial score (nSPS) is 12.3. The Bertz CT molecular complexity index is 366. The highest BCUT2D eigenvalue weighted by Gasteiger charge is 2.11. The van der Waals surface area contributed by atoms with Crippen molar-refractivity contribution in [2.45, 2.75) is 19.9 Å². The molecule has 0 aliphatic rings. The SMILES string of the molecule is Cc1ccc(F)cc1C(=O)N[C@@H](C)CN. The molecule has 1 aromatic rings. The zero-order chi connectivity index (χ0) is 11.4. The van der Waals surface area contributed by atoms with Crippen LogP contribution in [0.4, 0.5) is 4.39 Å². The lowest BCUT2D eigenvalue weighted by Crippen LogP contribution is -2.38. The standard InChI is InChI=1S/C11H15FN2O/c1-7-3-4-9(12)5-10(7)11(15)14-8(2)6-13/h3-5,8H,6,13H2,1-2H3,(H,14,15)/t8-/m0/s1. The lowest BCUT2D eigenvalue weighted by Gasteiger charge is -2.12. The van der Waals surface area contributed by atoms with Crippen molar-refractivity contribution in [3.8, 4) is 0 Å². The highest BCUT2D eigenvalue weighted by atomic mass is 19.1. The van der Waals surface area contributed by atoms with E-state index in [1.165, 1.54) is 12.1 Å². The van der Waals surface area contributed by atoms with E-state index in [0.29, 0.717) is 12.1 Å². The highest BCUT2D eigenvalue weighted by Crippen LogP contribution is 2.10. The fourth-order valence-corrected chi connectivity index (χ4v) is 1.20. The molecule has 0 saturated heterocycles. The van der Waals surface area contributed by atoms with Crippen molar-refractivity contribution in [2.24, 2.45) is 5.73 Å². The van der Waals surface area contributed by atoms with Crippen molar-refractivity contribution < 1.29 is 9.18 Å². The summed E-state index contributed by atoms with van der Waals surface area (Å²) in [6.45, 7) is 3.92. The molecule has 3 N–H and O–H groups in total. The van der Waals surface area contributed by atoms with E-state index in [4.69, 9.17) is 5.73 Å². The number of amides is 1. The van der Waals surface area contributed by atoms with E-state index >= 15 is 0 Å². The van der Waals surface area contributed by atoms with E-state index in [1.54, 1.807) is 19.9 Å². The lowest BCUT2D eigenvalue weighted by molar-refractivity contribution is 0.0940. The molecule has 0 saturated carbocycles. The zero-order valence-electron chi connectivity index (χ0n) is 8.88. The fourth-order valence-electron chi connectivity index (χ4n) is 1.20. The maximum absolute atomic E-state index is 12.9. The third kappa shape index (κ3) is 3.02. The summed E-state index contributed by atoms with van der Waals surface area (Å²) in [6.07, 6.45) is 0. The van der Waals surface area contributed by atoms with E-state index in [2.05, 4.69) is 5.32 Å². The Morgan fingerprint density at radius 1 is 1.60 bits per heavy atom. The molecule has 1 atom stereocenters. The molecule has 0 aromatic heterocycles. The number of benzene rings is 1. The second-order valence-corrected chi connectivity index (χ2v) is 3.57. The smallest absolute Gasteiger partial charge is 0.251 e. The van der Waals surface area contributed by atoms with Gasteiger partial charge in [-0.05, 0) is 31.5 Å². The monoisotopic (exact) mass is 210 g/mol. The van der Waals surface area contributed by atoms with Crippen molar-refractivity contribution in [1.29, 1.82) is 0 Å². The molecule has 15 heavy (non-hydrogen) atoms. The van der Waals surface area contributed by atoms with Crippen LogP contribution in [0.5, 0.6) is 0 Å². The van der Waals surface area contributed by atoms with Crippen LogP contribution in [0.2, 0.25) is 0 Å². The number of hydrogen-bond donors (Lipinski definition) is 2. The largest absolute Gasteiger partial charge is 0.348 e. The molecule has 0 radical (unpaired) electrons. The van der Waals surface area contributed by atoms with Gasteiger partial charge in [-0.15, -0.1) is 0 Å². The number of halogens is 1. The van der Waals surface area contributed by atoms with Crippen molar-refractivity contribution in [3.63, 3.8) is 0 Å². The molecule has 0 heterocycles. The number of nitrogens with one attached hydrogen (secondary N) is 1. The minimum Gasteiger partial charge on any atom is -0.348 e. The molecule has 0 aliphatic carbocycles. The molecule has 0 aliphatic heterocycles. The summed E-state index contributed by atoms with van der Waals surface area (Å²) in [7, 11) is 0. The molecule has 0 unspecified atom stereocenters. The number of carbonyl (C=O) groups excluding carboxylic acids is 1. The topological polar surface area (TPSA) is 55.1 Å². The van der Waals surface area contributed by atoms with E-state index in [1.807, 2.05) is 0 Å². The van der Waals surface area contributed by atoms with E-state index in [-0.39, 0.29) is 11.9 Å². The molecule has 4 heteroatoms. The van der Waals surface area contributed by atoms with Gasteiger partial charge in [0.1, 0.15) is 5.82 Å². The van der Waals surface area contributed by atoms with Gasteiger partial charge in [0.15, 0.2) is 0 Å². The van der Waals surface area contributed by atoms with Gasteiger partial charge in [-0.2, -0.15) is 0 Å². The second kappa shape index (κ2) is 4.89. The first kappa shape index (κ1) is 11.7. The third-order valence-corrected chi connectivity index (χ3v) is 2.18. The summed E-state index contributed by atoms with van der Waals surface area (Å²) in [6, 6.07) is 4.03. The summed E-state index contributed by atoms with van der Waals surface area (Å²) in [5, 5.41) is 2.68. The first-order valence-electron chi connectivity index (χ1n) is 4.81. The van der Waals surface area contributed by atoms with Crippen molar-refractivity contribution in [1.82, 2.24) is 5.32 Å².